The summed E-state index contributed by atoms with van der Waals surface area (Å²) in [7, 11) is 5.61. The first kappa shape index (κ1) is 27.0. The molecule has 4 saturated carbocycles. The van der Waals surface area contributed by atoms with Crippen LogP contribution in [0.15, 0.2) is 12.7 Å². The van der Waals surface area contributed by atoms with E-state index >= 15 is 0 Å². The van der Waals surface area contributed by atoms with Crippen molar-refractivity contribution in [2.75, 3.05) is 0 Å². The van der Waals surface area contributed by atoms with E-state index in [1.807, 2.05) is 24.5 Å². The molecule has 1 heterocycles. The Bertz CT molecular complexity index is 907. The van der Waals surface area contributed by atoms with Crippen LogP contribution in [0, 0.1) is 54.3 Å². The topological polar surface area (TPSA) is 43.8 Å². The van der Waals surface area contributed by atoms with Crippen molar-refractivity contribution in [2.24, 2.45) is 46.2 Å². The summed E-state index contributed by atoms with van der Waals surface area (Å²) in [6.45, 7) is 18.5. The quantitative estimate of drug-likeness (QED) is 0.390. The number of fused-ring (bicyclic) bond motifs is 5. The van der Waals surface area contributed by atoms with Gasteiger partial charge in [-0.2, -0.15) is 0 Å². The highest BCUT2D eigenvalue weighted by Crippen LogP contribution is 2.68. The lowest BCUT2D eigenvalue weighted by Gasteiger charge is -2.65. The van der Waals surface area contributed by atoms with Gasteiger partial charge in [0.1, 0.15) is 13.7 Å². The minimum absolute atomic E-state index is 0.143. The number of allylic oxidation sites excluding steroid dienone is 1. The Balaban J connectivity index is 0.000000221. The second-order valence-electron chi connectivity index (χ2n) is 13.4. The van der Waals surface area contributed by atoms with Gasteiger partial charge in [-0.1, -0.05) is 46.6 Å². The van der Waals surface area contributed by atoms with Gasteiger partial charge in [-0.15, -0.1) is 6.58 Å². The molecule has 0 spiro atoms. The van der Waals surface area contributed by atoms with Gasteiger partial charge < -0.3 is 10.3 Å². The summed E-state index contributed by atoms with van der Waals surface area (Å²) in [5.41, 5.74) is 10.1. The van der Waals surface area contributed by atoms with Crippen LogP contribution in [0.1, 0.15) is 110 Å². The SMILES string of the molecule is CCCC1CCC2(C)C3CCC4(C)C(C)CCC4C3CCC2(N)C1.[B]c1nc(C)n(CC=C)c1C. The molecule has 0 bridgehead atoms. The molecule has 4 fully saturated rings. The van der Waals surface area contributed by atoms with E-state index in [-0.39, 0.29) is 5.54 Å². The normalized spacial score (nSPS) is 42.3. The van der Waals surface area contributed by atoms with Crippen LogP contribution in [-0.2, 0) is 6.54 Å². The average molecular weight is 478 g/mol. The molecular formula is C31H52BN3. The summed E-state index contributed by atoms with van der Waals surface area (Å²) in [5.74, 6) is 5.70. The highest BCUT2D eigenvalue weighted by Gasteiger charge is 2.63. The molecule has 2 radical (unpaired) electrons. The molecule has 0 aliphatic heterocycles. The Kier molecular flexibility index (Phi) is 7.74. The maximum absolute atomic E-state index is 7.22. The van der Waals surface area contributed by atoms with Crippen molar-refractivity contribution in [3.8, 4) is 0 Å². The molecule has 0 aromatic carbocycles. The zero-order valence-electron chi connectivity index (χ0n) is 23.7. The fraction of sp³-hybridized carbons (Fsp3) is 0.839. The van der Waals surface area contributed by atoms with Crippen LogP contribution in [0.2, 0.25) is 0 Å². The number of nitrogens with zero attached hydrogens (tertiary/aromatic N) is 2. The molecule has 35 heavy (non-hydrogen) atoms. The van der Waals surface area contributed by atoms with Gasteiger partial charge in [0.25, 0.3) is 0 Å². The van der Waals surface area contributed by atoms with Crippen LogP contribution >= 0.6 is 0 Å². The first-order valence-electron chi connectivity index (χ1n) is 14.7. The molecule has 1 aromatic rings. The zero-order valence-corrected chi connectivity index (χ0v) is 23.7. The van der Waals surface area contributed by atoms with Crippen molar-refractivity contribution in [3.63, 3.8) is 0 Å². The summed E-state index contributed by atoms with van der Waals surface area (Å²) < 4.78 is 2.03. The minimum atomic E-state index is 0.143. The maximum Gasteiger partial charge on any atom is 0.144 e. The molecule has 8 atom stereocenters. The molecule has 4 aliphatic carbocycles. The molecule has 1 aromatic heterocycles. The molecular weight excluding hydrogens is 425 g/mol. The summed E-state index contributed by atoms with van der Waals surface area (Å²) in [6.07, 6.45) is 17.4. The second-order valence-corrected chi connectivity index (χ2v) is 13.4. The van der Waals surface area contributed by atoms with Gasteiger partial charge in [0.15, 0.2) is 0 Å². The number of nitrogens with two attached hydrogens (primary N) is 1. The Morgan fingerprint density at radius 2 is 1.83 bits per heavy atom. The predicted molar refractivity (Wildman–Crippen MR) is 150 cm³/mol. The van der Waals surface area contributed by atoms with Crippen molar-refractivity contribution in [1.82, 2.24) is 9.55 Å². The van der Waals surface area contributed by atoms with Gasteiger partial charge in [-0.3, -0.25) is 0 Å². The number of rotatable bonds is 4. The van der Waals surface area contributed by atoms with Crippen LogP contribution < -0.4 is 11.3 Å². The monoisotopic (exact) mass is 477 g/mol. The third kappa shape index (κ3) is 4.49. The van der Waals surface area contributed by atoms with E-state index < -0.39 is 0 Å². The molecule has 5 rings (SSSR count). The minimum Gasteiger partial charge on any atom is -0.329 e. The molecule has 8 unspecified atom stereocenters. The van der Waals surface area contributed by atoms with E-state index in [2.05, 4.69) is 39.3 Å². The van der Waals surface area contributed by atoms with Crippen molar-refractivity contribution >= 4 is 13.4 Å². The summed E-state index contributed by atoms with van der Waals surface area (Å²) in [6, 6.07) is 0. The number of aromatic nitrogens is 2. The Morgan fingerprint density at radius 3 is 2.46 bits per heavy atom. The van der Waals surface area contributed by atoms with Gasteiger partial charge in [-0.05, 0) is 112 Å². The third-order valence-electron chi connectivity index (χ3n) is 12.0. The molecule has 194 valence electrons. The lowest BCUT2D eigenvalue weighted by Crippen LogP contribution is -2.66. The second kappa shape index (κ2) is 10.0. The van der Waals surface area contributed by atoms with Crippen LogP contribution in [0.25, 0.3) is 0 Å². The van der Waals surface area contributed by atoms with Crippen molar-refractivity contribution in [1.29, 1.82) is 0 Å². The van der Waals surface area contributed by atoms with E-state index in [9.17, 15) is 0 Å². The number of hydrogen-bond acceptors (Lipinski definition) is 2. The van der Waals surface area contributed by atoms with Gasteiger partial charge in [-0.25, -0.2) is 4.98 Å². The van der Waals surface area contributed by atoms with E-state index in [0.717, 1.165) is 47.7 Å². The average Bonchev–Trinajstić information content (AvgIpc) is 3.25. The first-order valence-corrected chi connectivity index (χ1v) is 14.7. The van der Waals surface area contributed by atoms with Crippen LogP contribution in [0.3, 0.4) is 0 Å². The van der Waals surface area contributed by atoms with Crippen LogP contribution in [-0.4, -0.2) is 22.9 Å². The van der Waals surface area contributed by atoms with Gasteiger partial charge in [0, 0.05) is 23.4 Å². The highest BCUT2D eigenvalue weighted by atomic mass is 15.1. The summed E-state index contributed by atoms with van der Waals surface area (Å²) in [4.78, 5) is 4.12. The lowest BCUT2D eigenvalue weighted by atomic mass is 9.42. The largest absolute Gasteiger partial charge is 0.329 e. The Hall–Kier alpha value is -1.03. The maximum atomic E-state index is 7.22. The molecule has 4 heteroatoms. The fourth-order valence-electron chi connectivity index (χ4n) is 9.46. The first-order chi connectivity index (χ1) is 16.5. The number of hydrogen-bond donors (Lipinski definition) is 1. The van der Waals surface area contributed by atoms with E-state index in [0.29, 0.717) is 16.4 Å². The van der Waals surface area contributed by atoms with Crippen molar-refractivity contribution in [2.45, 2.75) is 124 Å². The predicted octanol–water partition coefficient (Wildman–Crippen LogP) is 6.64. The molecule has 4 aliphatic rings. The van der Waals surface area contributed by atoms with Gasteiger partial charge >= 0.3 is 0 Å². The number of imidazole rings is 1. The lowest BCUT2D eigenvalue weighted by molar-refractivity contribution is -0.129. The summed E-state index contributed by atoms with van der Waals surface area (Å²) >= 11 is 0. The highest BCUT2D eigenvalue weighted by molar-refractivity contribution is 6.31. The van der Waals surface area contributed by atoms with Gasteiger partial charge in [0.05, 0.1) is 0 Å². The summed E-state index contributed by atoms with van der Waals surface area (Å²) in [5, 5.41) is 0. The molecule has 0 saturated heterocycles. The number of aryl methyl sites for hydroxylation is 1. The zero-order chi connectivity index (χ0) is 25.6. The van der Waals surface area contributed by atoms with E-state index in [1.54, 1.807) is 0 Å². The molecule has 3 nitrogen and oxygen atoms in total. The Labute approximate surface area is 217 Å². The molecule has 0 amide bonds. The fourth-order valence-corrected chi connectivity index (χ4v) is 9.46. The van der Waals surface area contributed by atoms with Crippen LogP contribution in [0.5, 0.6) is 0 Å². The van der Waals surface area contributed by atoms with Crippen molar-refractivity contribution < 1.29 is 0 Å². The van der Waals surface area contributed by atoms with Crippen molar-refractivity contribution in [3.05, 3.63) is 24.2 Å². The standard InChI is InChI=1S/C23H41N.C8H11BN2/c1-5-6-17-9-13-22(4)20-11-12-21(3)16(2)7-8-19(21)18(20)10-14-23(22,24)15-17;1-4-5-11-6(2)8(9)10-7(11)3/h16-20H,5-15,24H2,1-4H3;4H,1,5H2,2-3H3. The Morgan fingerprint density at radius 1 is 1.09 bits per heavy atom. The van der Waals surface area contributed by atoms with Gasteiger partial charge in [0.2, 0.25) is 0 Å². The van der Waals surface area contributed by atoms with Crippen LogP contribution in [0.4, 0.5) is 0 Å². The smallest absolute Gasteiger partial charge is 0.144 e. The molecule has 2 N–H and O–H groups in total. The van der Waals surface area contributed by atoms with E-state index in [4.69, 9.17) is 13.6 Å². The van der Waals surface area contributed by atoms with E-state index in [1.165, 1.54) is 70.6 Å². The third-order valence-corrected chi connectivity index (χ3v) is 12.0.